The van der Waals surface area contributed by atoms with Crippen LogP contribution in [0.1, 0.15) is 28.4 Å². The molecule has 2 aromatic heterocycles. The van der Waals surface area contributed by atoms with Gasteiger partial charge in [-0.2, -0.15) is 11.3 Å². The molecule has 1 aromatic carbocycles. The second-order valence-electron chi connectivity index (χ2n) is 6.51. The van der Waals surface area contributed by atoms with E-state index in [1.54, 1.807) is 32.7 Å². The van der Waals surface area contributed by atoms with Crippen LogP contribution >= 0.6 is 11.3 Å². The molecule has 0 aliphatic heterocycles. The highest BCUT2D eigenvalue weighted by Gasteiger charge is 2.18. The van der Waals surface area contributed by atoms with E-state index in [2.05, 4.69) is 40.1 Å². The van der Waals surface area contributed by atoms with Crippen molar-refractivity contribution >= 4 is 11.3 Å². The molecule has 0 aliphatic rings. The van der Waals surface area contributed by atoms with Crippen LogP contribution in [0.3, 0.4) is 0 Å². The normalized spacial score (nSPS) is 11.9. The maximum atomic E-state index is 5.47. The molecule has 1 N–H and O–H groups in total. The number of methoxy groups -OCH3 is 3. The second kappa shape index (κ2) is 9.57. The van der Waals surface area contributed by atoms with Crippen molar-refractivity contribution in [3.05, 3.63) is 69.7 Å². The zero-order valence-electron chi connectivity index (χ0n) is 16.7. The van der Waals surface area contributed by atoms with Crippen LogP contribution in [0.2, 0.25) is 0 Å². The van der Waals surface area contributed by atoms with Gasteiger partial charge in [-0.25, -0.2) is 0 Å². The van der Waals surface area contributed by atoms with Crippen molar-refractivity contribution in [1.82, 2.24) is 10.3 Å². The summed E-state index contributed by atoms with van der Waals surface area (Å²) in [4.78, 5) is 4.64. The lowest BCUT2D eigenvalue weighted by atomic mass is 10.0. The van der Waals surface area contributed by atoms with Crippen molar-refractivity contribution < 1.29 is 14.2 Å². The minimum atomic E-state index is 0.106. The van der Waals surface area contributed by atoms with E-state index in [0.29, 0.717) is 23.8 Å². The molecule has 0 saturated carbocycles. The Labute approximate surface area is 170 Å². The standard InChI is InChI=1S/C22H26N2O3S/c1-15-6-5-8-23-21(15)18(10-16-7-9-28-14-16)24-13-17-11-19(25-2)22(27-4)20(12-17)26-3/h5-9,11-12,14,18,24H,10,13H2,1-4H3/t18-/m1/s1. The van der Waals surface area contributed by atoms with Crippen LogP contribution in [0, 0.1) is 6.92 Å². The van der Waals surface area contributed by atoms with E-state index in [-0.39, 0.29) is 6.04 Å². The number of aryl methyl sites for hydroxylation is 1. The third-order valence-corrected chi connectivity index (χ3v) is 5.41. The molecule has 5 nitrogen and oxygen atoms in total. The molecule has 0 amide bonds. The summed E-state index contributed by atoms with van der Waals surface area (Å²) in [5.74, 6) is 1.91. The van der Waals surface area contributed by atoms with Crippen LogP contribution in [0.25, 0.3) is 0 Å². The van der Waals surface area contributed by atoms with Crippen molar-refractivity contribution in [2.24, 2.45) is 0 Å². The van der Waals surface area contributed by atoms with Gasteiger partial charge in [-0.05, 0) is 65.1 Å². The zero-order valence-corrected chi connectivity index (χ0v) is 17.5. The lowest BCUT2D eigenvalue weighted by molar-refractivity contribution is 0.323. The second-order valence-corrected chi connectivity index (χ2v) is 7.29. The molecular formula is C22H26N2O3S. The van der Waals surface area contributed by atoms with E-state index < -0.39 is 0 Å². The third kappa shape index (κ3) is 4.64. The zero-order chi connectivity index (χ0) is 19.9. The number of benzene rings is 1. The topological polar surface area (TPSA) is 52.6 Å². The third-order valence-electron chi connectivity index (χ3n) is 4.68. The first-order valence-electron chi connectivity index (χ1n) is 9.11. The summed E-state index contributed by atoms with van der Waals surface area (Å²) in [6.45, 7) is 2.76. The van der Waals surface area contributed by atoms with Gasteiger partial charge < -0.3 is 19.5 Å². The quantitative estimate of drug-likeness (QED) is 0.573. The Kier molecular flexibility index (Phi) is 6.90. The summed E-state index contributed by atoms with van der Waals surface area (Å²) >= 11 is 1.71. The molecule has 0 saturated heterocycles. The Morgan fingerprint density at radius 3 is 2.36 bits per heavy atom. The average molecular weight is 399 g/mol. The first kappa shape index (κ1) is 20.2. The fraction of sp³-hybridized carbons (Fsp3) is 0.318. The largest absolute Gasteiger partial charge is 0.493 e. The van der Waals surface area contributed by atoms with Crippen LogP contribution in [-0.4, -0.2) is 26.3 Å². The van der Waals surface area contributed by atoms with Crippen molar-refractivity contribution in [2.75, 3.05) is 21.3 Å². The number of pyridine rings is 1. The van der Waals surface area contributed by atoms with Crippen molar-refractivity contribution in [2.45, 2.75) is 25.9 Å². The average Bonchev–Trinajstić information content (AvgIpc) is 3.23. The molecule has 148 valence electrons. The lowest BCUT2D eigenvalue weighted by Crippen LogP contribution is -2.24. The van der Waals surface area contributed by atoms with Crippen molar-refractivity contribution in [3.8, 4) is 17.2 Å². The van der Waals surface area contributed by atoms with Gasteiger partial charge in [-0.3, -0.25) is 4.98 Å². The molecule has 0 spiro atoms. The van der Waals surface area contributed by atoms with Gasteiger partial charge in [-0.15, -0.1) is 0 Å². The molecule has 6 heteroatoms. The molecule has 28 heavy (non-hydrogen) atoms. The lowest BCUT2D eigenvalue weighted by Gasteiger charge is -2.21. The summed E-state index contributed by atoms with van der Waals surface area (Å²) in [6, 6.07) is 10.3. The van der Waals surface area contributed by atoms with E-state index >= 15 is 0 Å². The Bertz CT molecular complexity index is 872. The number of nitrogens with zero attached hydrogens (tertiary/aromatic N) is 1. The molecule has 0 bridgehead atoms. The maximum Gasteiger partial charge on any atom is 0.203 e. The Balaban J connectivity index is 1.85. The van der Waals surface area contributed by atoms with E-state index in [9.17, 15) is 0 Å². The molecule has 0 radical (unpaired) electrons. The van der Waals surface area contributed by atoms with E-state index in [4.69, 9.17) is 14.2 Å². The van der Waals surface area contributed by atoms with Gasteiger partial charge in [-0.1, -0.05) is 6.07 Å². The summed E-state index contributed by atoms with van der Waals surface area (Å²) in [7, 11) is 4.87. The fourth-order valence-electron chi connectivity index (χ4n) is 3.25. The van der Waals surface area contributed by atoms with Gasteiger partial charge in [0.15, 0.2) is 11.5 Å². The van der Waals surface area contributed by atoms with Crippen molar-refractivity contribution in [1.29, 1.82) is 0 Å². The predicted octanol–water partition coefficient (Wildman–Crippen LogP) is 4.55. The summed E-state index contributed by atoms with van der Waals surface area (Å²) in [6.07, 6.45) is 2.73. The van der Waals surface area contributed by atoms with Gasteiger partial charge in [0, 0.05) is 12.7 Å². The number of hydrogen-bond acceptors (Lipinski definition) is 6. The molecule has 3 aromatic rings. The first-order valence-corrected chi connectivity index (χ1v) is 10.1. The smallest absolute Gasteiger partial charge is 0.203 e. The van der Waals surface area contributed by atoms with E-state index in [0.717, 1.165) is 17.7 Å². The molecule has 1 atom stereocenters. The predicted molar refractivity (Wildman–Crippen MR) is 113 cm³/mol. The number of hydrogen-bond donors (Lipinski definition) is 1. The first-order chi connectivity index (χ1) is 13.7. The van der Waals surface area contributed by atoms with Crippen LogP contribution in [-0.2, 0) is 13.0 Å². The molecule has 3 rings (SSSR count). The number of thiophene rings is 1. The minimum Gasteiger partial charge on any atom is -0.493 e. The molecular weight excluding hydrogens is 372 g/mol. The highest BCUT2D eigenvalue weighted by molar-refractivity contribution is 7.07. The summed E-state index contributed by atoms with van der Waals surface area (Å²) in [5, 5.41) is 7.96. The number of aromatic nitrogens is 1. The van der Waals surface area contributed by atoms with E-state index in [1.807, 2.05) is 24.4 Å². The molecule has 2 heterocycles. The van der Waals surface area contributed by atoms with Crippen molar-refractivity contribution in [3.63, 3.8) is 0 Å². The molecule has 0 aliphatic carbocycles. The maximum absolute atomic E-state index is 5.47. The number of nitrogens with one attached hydrogen (secondary N) is 1. The van der Waals surface area contributed by atoms with Gasteiger partial charge in [0.1, 0.15) is 0 Å². The van der Waals surface area contributed by atoms with E-state index in [1.165, 1.54) is 11.1 Å². The number of ether oxygens (including phenoxy) is 3. The monoisotopic (exact) mass is 398 g/mol. The van der Waals surface area contributed by atoms with Crippen LogP contribution in [0.4, 0.5) is 0 Å². The number of rotatable bonds is 9. The van der Waals surface area contributed by atoms with Crippen LogP contribution < -0.4 is 19.5 Å². The highest BCUT2D eigenvalue weighted by Crippen LogP contribution is 2.38. The summed E-state index contributed by atoms with van der Waals surface area (Å²) in [5.41, 5.74) is 4.61. The SMILES string of the molecule is COc1cc(CN[C@H](Cc2ccsc2)c2ncccc2C)cc(OC)c1OC. The summed E-state index contributed by atoms with van der Waals surface area (Å²) < 4.78 is 16.4. The Morgan fingerprint density at radius 1 is 1.04 bits per heavy atom. The fourth-order valence-corrected chi connectivity index (χ4v) is 3.93. The highest BCUT2D eigenvalue weighted by atomic mass is 32.1. The van der Waals surface area contributed by atoms with Gasteiger partial charge in [0.05, 0.1) is 33.1 Å². The minimum absolute atomic E-state index is 0.106. The molecule has 0 fully saturated rings. The van der Waals surface area contributed by atoms with Crippen LogP contribution in [0.15, 0.2) is 47.3 Å². The Hall–Kier alpha value is -2.57. The molecule has 0 unspecified atom stereocenters. The van der Waals surface area contributed by atoms with Crippen LogP contribution in [0.5, 0.6) is 17.2 Å². The van der Waals surface area contributed by atoms with Gasteiger partial charge in [0.2, 0.25) is 5.75 Å². The van der Waals surface area contributed by atoms with Gasteiger partial charge >= 0.3 is 0 Å². The van der Waals surface area contributed by atoms with Gasteiger partial charge in [0.25, 0.3) is 0 Å². The Morgan fingerprint density at radius 2 is 1.79 bits per heavy atom.